The van der Waals surface area contributed by atoms with Gasteiger partial charge in [-0.05, 0) is 31.2 Å². The predicted molar refractivity (Wildman–Crippen MR) is 105 cm³/mol. The fourth-order valence-corrected chi connectivity index (χ4v) is 2.90. The standard InChI is InChI=1S/C21H16N4O2/c1-14-7-9-15(10-8-14)25-19(26)17-6-3-2-5-16(17)18(20(25)27)13-24-21-22-11-4-12-23-21/h2-13,27H,1H3/b24-13+. The zero-order valence-electron chi connectivity index (χ0n) is 14.6. The van der Waals surface area contributed by atoms with E-state index < -0.39 is 0 Å². The van der Waals surface area contributed by atoms with Crippen LogP contribution in [0.1, 0.15) is 11.1 Å². The molecule has 6 nitrogen and oxygen atoms in total. The molecule has 0 radical (unpaired) electrons. The zero-order valence-corrected chi connectivity index (χ0v) is 14.6. The molecule has 2 heterocycles. The molecule has 27 heavy (non-hydrogen) atoms. The van der Waals surface area contributed by atoms with E-state index >= 15 is 0 Å². The molecule has 4 rings (SSSR count). The first-order valence-corrected chi connectivity index (χ1v) is 8.40. The molecule has 2 aromatic heterocycles. The highest BCUT2D eigenvalue weighted by Crippen LogP contribution is 2.26. The molecule has 0 spiro atoms. The van der Waals surface area contributed by atoms with Crippen LogP contribution in [0.25, 0.3) is 16.5 Å². The first-order chi connectivity index (χ1) is 13.1. The van der Waals surface area contributed by atoms with E-state index in [2.05, 4.69) is 15.0 Å². The summed E-state index contributed by atoms with van der Waals surface area (Å²) in [5.74, 6) is 0.0938. The number of aryl methyl sites for hydroxylation is 1. The predicted octanol–water partition coefficient (Wildman–Crippen LogP) is 3.55. The van der Waals surface area contributed by atoms with Crippen molar-refractivity contribution in [1.29, 1.82) is 0 Å². The van der Waals surface area contributed by atoms with Gasteiger partial charge in [0, 0.05) is 29.4 Å². The van der Waals surface area contributed by atoms with Crippen molar-refractivity contribution >= 4 is 22.9 Å². The molecule has 0 aliphatic rings. The summed E-state index contributed by atoms with van der Waals surface area (Å²) >= 11 is 0. The number of hydrogen-bond donors (Lipinski definition) is 1. The Bertz CT molecular complexity index is 1200. The third kappa shape index (κ3) is 3.08. The lowest BCUT2D eigenvalue weighted by Crippen LogP contribution is -2.20. The van der Waals surface area contributed by atoms with Gasteiger partial charge < -0.3 is 5.11 Å². The van der Waals surface area contributed by atoms with Crippen molar-refractivity contribution in [1.82, 2.24) is 14.5 Å². The maximum absolute atomic E-state index is 13.0. The molecule has 0 fully saturated rings. The smallest absolute Gasteiger partial charge is 0.265 e. The molecule has 0 unspecified atom stereocenters. The van der Waals surface area contributed by atoms with Crippen LogP contribution in [0.15, 0.2) is 76.8 Å². The largest absolute Gasteiger partial charge is 0.494 e. The number of benzene rings is 2. The minimum atomic E-state index is -0.292. The molecular formula is C21H16N4O2. The average Bonchev–Trinajstić information content (AvgIpc) is 2.70. The number of pyridine rings is 1. The van der Waals surface area contributed by atoms with Crippen molar-refractivity contribution in [2.45, 2.75) is 6.92 Å². The fraction of sp³-hybridized carbons (Fsp3) is 0.0476. The van der Waals surface area contributed by atoms with Gasteiger partial charge in [0.25, 0.3) is 5.56 Å². The highest BCUT2D eigenvalue weighted by atomic mass is 16.3. The molecule has 6 heteroatoms. The number of hydrogen-bond acceptors (Lipinski definition) is 5. The van der Waals surface area contributed by atoms with E-state index in [9.17, 15) is 9.90 Å². The molecule has 0 amide bonds. The summed E-state index contributed by atoms with van der Waals surface area (Å²) in [5, 5.41) is 12.0. The summed E-state index contributed by atoms with van der Waals surface area (Å²) in [6.45, 7) is 1.96. The van der Waals surface area contributed by atoms with Crippen LogP contribution in [0.2, 0.25) is 0 Å². The Labute approximate surface area is 155 Å². The molecule has 0 saturated carbocycles. The molecule has 1 N–H and O–H groups in total. The molecule has 4 aromatic rings. The second-order valence-corrected chi connectivity index (χ2v) is 6.07. The van der Waals surface area contributed by atoms with Crippen molar-refractivity contribution in [3.63, 3.8) is 0 Å². The van der Waals surface area contributed by atoms with E-state index in [0.29, 0.717) is 22.0 Å². The van der Waals surface area contributed by atoms with Crippen molar-refractivity contribution in [3.05, 3.63) is 88.5 Å². The van der Waals surface area contributed by atoms with Gasteiger partial charge in [-0.2, -0.15) is 0 Å². The second-order valence-electron chi connectivity index (χ2n) is 6.07. The van der Waals surface area contributed by atoms with Gasteiger partial charge in [0.15, 0.2) is 0 Å². The molecule has 0 aliphatic carbocycles. The normalized spacial score (nSPS) is 11.3. The Morgan fingerprint density at radius 3 is 2.33 bits per heavy atom. The number of aliphatic imine (C=N–C) groups is 1. The lowest BCUT2D eigenvalue weighted by molar-refractivity contribution is 0.436. The van der Waals surface area contributed by atoms with Crippen LogP contribution in [0.5, 0.6) is 5.88 Å². The first kappa shape index (κ1) is 16.7. The van der Waals surface area contributed by atoms with Crippen LogP contribution in [0.3, 0.4) is 0 Å². The first-order valence-electron chi connectivity index (χ1n) is 8.40. The average molecular weight is 356 g/mol. The molecule has 0 saturated heterocycles. The minimum Gasteiger partial charge on any atom is -0.494 e. The quantitative estimate of drug-likeness (QED) is 0.569. The van der Waals surface area contributed by atoms with E-state index in [-0.39, 0.29) is 17.4 Å². The Morgan fingerprint density at radius 2 is 1.63 bits per heavy atom. The second kappa shape index (κ2) is 6.84. The Balaban J connectivity index is 1.99. The van der Waals surface area contributed by atoms with Crippen LogP contribution in [-0.2, 0) is 0 Å². The van der Waals surface area contributed by atoms with Crippen molar-refractivity contribution in [2.24, 2.45) is 4.99 Å². The zero-order chi connectivity index (χ0) is 18.8. The fourth-order valence-electron chi connectivity index (χ4n) is 2.90. The number of fused-ring (bicyclic) bond motifs is 1. The van der Waals surface area contributed by atoms with Gasteiger partial charge in [0.1, 0.15) is 0 Å². The van der Waals surface area contributed by atoms with E-state index in [0.717, 1.165) is 5.56 Å². The minimum absolute atomic E-state index is 0.178. The Morgan fingerprint density at radius 1 is 0.963 bits per heavy atom. The molecule has 132 valence electrons. The molecule has 0 aliphatic heterocycles. The van der Waals surface area contributed by atoms with Crippen molar-refractivity contribution in [2.75, 3.05) is 0 Å². The third-order valence-electron chi connectivity index (χ3n) is 4.26. The summed E-state index contributed by atoms with van der Waals surface area (Å²) in [6.07, 6.45) is 4.66. The molecule has 2 aromatic carbocycles. The van der Waals surface area contributed by atoms with Gasteiger partial charge in [0.05, 0.1) is 11.3 Å². The summed E-state index contributed by atoms with van der Waals surface area (Å²) in [5.41, 5.74) is 1.79. The van der Waals surface area contributed by atoms with Crippen molar-refractivity contribution in [3.8, 4) is 11.6 Å². The van der Waals surface area contributed by atoms with Crippen LogP contribution in [-0.4, -0.2) is 25.9 Å². The summed E-state index contributed by atoms with van der Waals surface area (Å²) in [7, 11) is 0. The number of nitrogens with zero attached hydrogens (tertiary/aromatic N) is 4. The van der Waals surface area contributed by atoms with E-state index in [1.165, 1.54) is 10.8 Å². The van der Waals surface area contributed by atoms with E-state index in [1.54, 1.807) is 48.8 Å². The van der Waals surface area contributed by atoms with Crippen molar-refractivity contribution < 1.29 is 5.11 Å². The van der Waals surface area contributed by atoms with Gasteiger partial charge in [-0.25, -0.2) is 19.5 Å². The van der Waals surface area contributed by atoms with E-state index in [1.807, 2.05) is 25.1 Å². The lowest BCUT2D eigenvalue weighted by atomic mass is 10.1. The topological polar surface area (TPSA) is 80.4 Å². The highest BCUT2D eigenvalue weighted by Gasteiger charge is 2.16. The monoisotopic (exact) mass is 356 g/mol. The summed E-state index contributed by atoms with van der Waals surface area (Å²) in [6, 6.07) is 16.2. The highest BCUT2D eigenvalue weighted by molar-refractivity contribution is 6.02. The van der Waals surface area contributed by atoms with Crippen LogP contribution in [0.4, 0.5) is 5.95 Å². The molecular weight excluding hydrogens is 340 g/mol. The van der Waals surface area contributed by atoms with Crippen LogP contribution >= 0.6 is 0 Å². The van der Waals surface area contributed by atoms with Gasteiger partial charge in [-0.3, -0.25) is 4.79 Å². The molecule has 0 bridgehead atoms. The summed E-state index contributed by atoms with van der Waals surface area (Å²) < 4.78 is 1.29. The van der Waals surface area contributed by atoms with Gasteiger partial charge in [-0.1, -0.05) is 35.9 Å². The van der Waals surface area contributed by atoms with E-state index in [4.69, 9.17) is 0 Å². The third-order valence-corrected chi connectivity index (χ3v) is 4.26. The Hall–Kier alpha value is -3.80. The SMILES string of the molecule is Cc1ccc(-n2c(O)c(/C=N/c3ncccn3)c3ccccc3c2=O)cc1. The van der Waals surface area contributed by atoms with Crippen LogP contribution < -0.4 is 5.56 Å². The number of aromatic nitrogens is 3. The number of rotatable bonds is 3. The van der Waals surface area contributed by atoms with Gasteiger partial charge in [0.2, 0.25) is 11.8 Å². The number of aromatic hydroxyl groups is 1. The lowest BCUT2D eigenvalue weighted by Gasteiger charge is -2.13. The maximum Gasteiger partial charge on any atom is 0.265 e. The Kier molecular flexibility index (Phi) is 4.22. The molecule has 0 atom stereocenters. The maximum atomic E-state index is 13.0. The van der Waals surface area contributed by atoms with Gasteiger partial charge in [-0.15, -0.1) is 0 Å². The summed E-state index contributed by atoms with van der Waals surface area (Å²) in [4.78, 5) is 25.3. The van der Waals surface area contributed by atoms with Crippen LogP contribution in [0, 0.1) is 6.92 Å². The van der Waals surface area contributed by atoms with Gasteiger partial charge >= 0.3 is 0 Å².